The molecule has 0 fully saturated rings. The standard InChI is InChI=1S/C28H22N4/c1-3-11-19(12-4-1)25-27(31-23-17-9-7-15-21(23)29-25)28-26(20-13-5-2-6-14-20)30-22-16-8-10-18-24(22)32-28/h1-18,25,27,29,31H/t25-,27+/m0/s1. The Balaban J connectivity index is 1.58. The summed E-state index contributed by atoms with van der Waals surface area (Å²) in [7, 11) is 0. The number of rotatable bonds is 3. The summed E-state index contributed by atoms with van der Waals surface area (Å²) in [5.74, 6) is 0. The number of hydrogen-bond donors (Lipinski definition) is 2. The van der Waals surface area contributed by atoms with Crippen molar-refractivity contribution in [3.63, 3.8) is 0 Å². The third-order valence-electron chi connectivity index (χ3n) is 5.98. The average Bonchev–Trinajstić information content (AvgIpc) is 2.88. The van der Waals surface area contributed by atoms with Crippen LogP contribution in [-0.2, 0) is 0 Å². The Labute approximate surface area is 187 Å². The fourth-order valence-electron chi connectivity index (χ4n) is 4.44. The number of fused-ring (bicyclic) bond motifs is 2. The van der Waals surface area contributed by atoms with E-state index in [1.165, 1.54) is 5.56 Å². The molecule has 0 radical (unpaired) electrons. The zero-order chi connectivity index (χ0) is 21.3. The fraction of sp³-hybridized carbons (Fsp3) is 0.0714. The predicted molar refractivity (Wildman–Crippen MR) is 131 cm³/mol. The summed E-state index contributed by atoms with van der Waals surface area (Å²) in [5.41, 5.74) is 8.06. The first kappa shape index (κ1) is 18.6. The minimum Gasteiger partial charge on any atom is -0.374 e. The molecule has 5 aromatic rings. The Bertz CT molecular complexity index is 1380. The van der Waals surface area contributed by atoms with Crippen molar-refractivity contribution in [1.29, 1.82) is 0 Å². The quantitative estimate of drug-likeness (QED) is 0.348. The Morgan fingerprint density at radius 1 is 0.500 bits per heavy atom. The zero-order valence-corrected chi connectivity index (χ0v) is 17.4. The number of benzene rings is 4. The van der Waals surface area contributed by atoms with Crippen LogP contribution in [0.1, 0.15) is 23.3 Å². The van der Waals surface area contributed by atoms with E-state index in [-0.39, 0.29) is 12.1 Å². The number of hydrogen-bond acceptors (Lipinski definition) is 4. The lowest BCUT2D eigenvalue weighted by Crippen LogP contribution is -2.31. The SMILES string of the molecule is c1ccc(-c2nc3ccccc3nc2[C@@H]2Nc3ccccc3N[C@H]2c2ccccc2)cc1. The maximum absolute atomic E-state index is 5.16. The van der Waals surface area contributed by atoms with Gasteiger partial charge < -0.3 is 10.6 Å². The predicted octanol–water partition coefficient (Wildman–Crippen LogP) is 6.62. The Hall–Kier alpha value is -4.18. The topological polar surface area (TPSA) is 49.8 Å². The molecule has 1 aliphatic heterocycles. The van der Waals surface area contributed by atoms with Gasteiger partial charge in [0.25, 0.3) is 0 Å². The van der Waals surface area contributed by atoms with Gasteiger partial charge in [0.05, 0.1) is 45.9 Å². The maximum Gasteiger partial charge on any atom is 0.0953 e. The molecule has 4 aromatic carbocycles. The van der Waals surface area contributed by atoms with E-state index in [4.69, 9.17) is 9.97 Å². The Kier molecular flexibility index (Phi) is 4.54. The van der Waals surface area contributed by atoms with Crippen LogP contribution in [0.3, 0.4) is 0 Å². The number of para-hydroxylation sites is 4. The van der Waals surface area contributed by atoms with Crippen molar-refractivity contribution < 1.29 is 0 Å². The molecule has 2 N–H and O–H groups in total. The molecule has 2 atom stereocenters. The molecule has 6 rings (SSSR count). The molecule has 0 saturated carbocycles. The van der Waals surface area contributed by atoms with E-state index in [2.05, 4.69) is 71.3 Å². The highest BCUT2D eigenvalue weighted by atomic mass is 15.1. The minimum atomic E-state index is -0.0976. The van der Waals surface area contributed by atoms with Gasteiger partial charge in [0.2, 0.25) is 0 Å². The maximum atomic E-state index is 5.16. The second-order valence-electron chi connectivity index (χ2n) is 8.01. The molecule has 2 heterocycles. The van der Waals surface area contributed by atoms with Gasteiger partial charge in [-0.1, -0.05) is 84.9 Å². The van der Waals surface area contributed by atoms with Crippen LogP contribution in [0.25, 0.3) is 22.3 Å². The summed E-state index contributed by atoms with van der Waals surface area (Å²) >= 11 is 0. The number of nitrogens with zero attached hydrogens (tertiary/aromatic N) is 2. The van der Waals surface area contributed by atoms with E-state index in [1.54, 1.807) is 0 Å². The monoisotopic (exact) mass is 414 g/mol. The van der Waals surface area contributed by atoms with Gasteiger partial charge in [-0.15, -0.1) is 0 Å². The van der Waals surface area contributed by atoms with Crippen molar-refractivity contribution in [3.8, 4) is 11.3 Å². The molecule has 1 aliphatic rings. The molecular formula is C28H22N4. The third kappa shape index (κ3) is 3.26. The third-order valence-corrected chi connectivity index (χ3v) is 5.98. The van der Waals surface area contributed by atoms with E-state index in [9.17, 15) is 0 Å². The lowest BCUT2D eigenvalue weighted by molar-refractivity contribution is 0.622. The molecule has 4 heteroatoms. The number of anilines is 2. The molecule has 0 aliphatic carbocycles. The smallest absolute Gasteiger partial charge is 0.0953 e. The lowest BCUT2D eigenvalue weighted by Gasteiger charge is -2.37. The molecule has 0 saturated heterocycles. The lowest BCUT2D eigenvalue weighted by atomic mass is 9.91. The summed E-state index contributed by atoms with van der Waals surface area (Å²) in [5, 5.41) is 7.53. The summed E-state index contributed by atoms with van der Waals surface area (Å²) in [6, 6.07) is 37.2. The largest absolute Gasteiger partial charge is 0.374 e. The highest BCUT2D eigenvalue weighted by molar-refractivity contribution is 5.80. The summed E-state index contributed by atoms with van der Waals surface area (Å²) in [6.07, 6.45) is 0. The van der Waals surface area contributed by atoms with E-state index in [0.29, 0.717) is 0 Å². The Morgan fingerprint density at radius 2 is 1.03 bits per heavy atom. The van der Waals surface area contributed by atoms with Crippen LogP contribution in [0.2, 0.25) is 0 Å². The number of aromatic nitrogens is 2. The van der Waals surface area contributed by atoms with Crippen LogP contribution in [0, 0.1) is 0 Å². The Morgan fingerprint density at radius 3 is 1.72 bits per heavy atom. The molecule has 0 bridgehead atoms. The minimum absolute atomic E-state index is 0.00373. The van der Waals surface area contributed by atoms with Gasteiger partial charge in [-0.25, -0.2) is 9.97 Å². The molecule has 154 valence electrons. The summed E-state index contributed by atoms with van der Waals surface area (Å²) in [4.78, 5) is 10.2. The van der Waals surface area contributed by atoms with Gasteiger partial charge in [-0.05, 0) is 29.8 Å². The molecule has 0 unspecified atom stereocenters. The van der Waals surface area contributed by atoms with Crippen molar-refractivity contribution in [2.75, 3.05) is 10.6 Å². The van der Waals surface area contributed by atoms with Gasteiger partial charge in [0.15, 0.2) is 0 Å². The molecular weight excluding hydrogens is 392 g/mol. The van der Waals surface area contributed by atoms with E-state index < -0.39 is 0 Å². The highest BCUT2D eigenvalue weighted by Gasteiger charge is 2.33. The van der Waals surface area contributed by atoms with E-state index >= 15 is 0 Å². The van der Waals surface area contributed by atoms with Gasteiger partial charge in [0, 0.05) is 5.56 Å². The van der Waals surface area contributed by atoms with Crippen molar-refractivity contribution in [1.82, 2.24) is 9.97 Å². The second-order valence-corrected chi connectivity index (χ2v) is 8.01. The summed E-state index contributed by atoms with van der Waals surface area (Å²) in [6.45, 7) is 0. The molecule has 1 aromatic heterocycles. The first-order chi connectivity index (χ1) is 15.9. The summed E-state index contributed by atoms with van der Waals surface area (Å²) < 4.78 is 0. The van der Waals surface area contributed by atoms with Crippen molar-refractivity contribution in [2.24, 2.45) is 0 Å². The normalized spacial score (nSPS) is 17.2. The van der Waals surface area contributed by atoms with Crippen LogP contribution >= 0.6 is 0 Å². The second kappa shape index (κ2) is 7.82. The molecule has 32 heavy (non-hydrogen) atoms. The van der Waals surface area contributed by atoms with Crippen LogP contribution in [0.15, 0.2) is 109 Å². The van der Waals surface area contributed by atoms with Crippen LogP contribution < -0.4 is 10.6 Å². The molecule has 0 amide bonds. The first-order valence-electron chi connectivity index (χ1n) is 10.9. The van der Waals surface area contributed by atoms with Crippen molar-refractivity contribution in [2.45, 2.75) is 12.1 Å². The number of nitrogens with one attached hydrogen (secondary N) is 2. The zero-order valence-electron chi connectivity index (χ0n) is 17.4. The molecule has 0 spiro atoms. The first-order valence-corrected chi connectivity index (χ1v) is 10.9. The van der Waals surface area contributed by atoms with Crippen LogP contribution in [0.5, 0.6) is 0 Å². The average molecular weight is 415 g/mol. The van der Waals surface area contributed by atoms with E-state index in [1.807, 2.05) is 48.5 Å². The van der Waals surface area contributed by atoms with Gasteiger partial charge >= 0.3 is 0 Å². The highest BCUT2D eigenvalue weighted by Crippen LogP contribution is 2.43. The van der Waals surface area contributed by atoms with Crippen molar-refractivity contribution >= 4 is 22.4 Å². The van der Waals surface area contributed by atoms with E-state index in [0.717, 1.165) is 39.4 Å². The molecule has 4 nitrogen and oxygen atoms in total. The van der Waals surface area contributed by atoms with Crippen molar-refractivity contribution in [3.05, 3.63) is 120 Å². The fourth-order valence-corrected chi connectivity index (χ4v) is 4.44. The van der Waals surface area contributed by atoms with Crippen LogP contribution in [-0.4, -0.2) is 9.97 Å². The van der Waals surface area contributed by atoms with Gasteiger partial charge in [-0.2, -0.15) is 0 Å². The van der Waals surface area contributed by atoms with Crippen LogP contribution in [0.4, 0.5) is 11.4 Å². The van der Waals surface area contributed by atoms with Gasteiger partial charge in [-0.3, -0.25) is 0 Å². The van der Waals surface area contributed by atoms with Gasteiger partial charge in [0.1, 0.15) is 0 Å².